The van der Waals surface area contributed by atoms with Gasteiger partial charge in [-0.1, -0.05) is 11.6 Å². The van der Waals surface area contributed by atoms with Gasteiger partial charge < -0.3 is 10.2 Å². The molecule has 1 aliphatic rings. The van der Waals surface area contributed by atoms with Crippen LogP contribution in [0.1, 0.15) is 12.0 Å². The predicted molar refractivity (Wildman–Crippen MR) is 103 cm³/mol. The Balaban J connectivity index is 1.53. The van der Waals surface area contributed by atoms with Gasteiger partial charge in [-0.2, -0.15) is 13.2 Å². The van der Waals surface area contributed by atoms with Crippen molar-refractivity contribution < 1.29 is 18.0 Å². The quantitative estimate of drug-likeness (QED) is 0.827. The van der Waals surface area contributed by atoms with Crippen LogP contribution in [0.4, 0.5) is 24.7 Å². The zero-order chi connectivity index (χ0) is 20.1. The van der Waals surface area contributed by atoms with Gasteiger partial charge in [0.05, 0.1) is 12.1 Å². The molecule has 0 aliphatic carbocycles. The highest BCUT2D eigenvalue weighted by Gasteiger charge is 2.31. The molecule has 0 radical (unpaired) electrons. The molecule has 2 aromatic rings. The molecule has 28 heavy (non-hydrogen) atoms. The molecule has 5 nitrogen and oxygen atoms in total. The van der Waals surface area contributed by atoms with E-state index in [0.29, 0.717) is 36.2 Å². The first-order valence-electron chi connectivity index (χ1n) is 8.87. The Morgan fingerprint density at radius 1 is 1.07 bits per heavy atom. The van der Waals surface area contributed by atoms with E-state index in [1.807, 2.05) is 9.80 Å². The topological polar surface area (TPSA) is 48.5 Å². The first kappa shape index (κ1) is 20.4. The molecule has 0 unspecified atom stereocenters. The number of nitrogens with one attached hydrogen (secondary N) is 1. The van der Waals surface area contributed by atoms with E-state index in [1.54, 1.807) is 24.3 Å². The average molecular weight is 413 g/mol. The summed E-state index contributed by atoms with van der Waals surface area (Å²) in [4.78, 5) is 20.2. The van der Waals surface area contributed by atoms with E-state index in [4.69, 9.17) is 11.6 Å². The predicted octanol–water partition coefficient (Wildman–Crippen LogP) is 3.90. The molecule has 0 atom stereocenters. The van der Waals surface area contributed by atoms with Gasteiger partial charge >= 0.3 is 6.18 Å². The van der Waals surface area contributed by atoms with Crippen molar-refractivity contribution in [1.29, 1.82) is 0 Å². The fourth-order valence-corrected chi connectivity index (χ4v) is 3.16. The second-order valence-corrected chi connectivity index (χ2v) is 7.01. The second-order valence-electron chi connectivity index (χ2n) is 6.57. The molecule has 3 rings (SSSR count). The molecular weight excluding hydrogens is 393 g/mol. The third kappa shape index (κ3) is 5.59. The average Bonchev–Trinajstić information content (AvgIpc) is 2.88. The van der Waals surface area contributed by atoms with Gasteiger partial charge in [0, 0.05) is 43.1 Å². The summed E-state index contributed by atoms with van der Waals surface area (Å²) in [7, 11) is 0. The Morgan fingerprint density at radius 2 is 1.82 bits per heavy atom. The molecular formula is C19H20ClF3N4O. The third-order valence-electron chi connectivity index (χ3n) is 4.48. The van der Waals surface area contributed by atoms with Crippen LogP contribution in [0.25, 0.3) is 0 Å². The largest absolute Gasteiger partial charge is 0.417 e. The lowest BCUT2D eigenvalue weighted by Crippen LogP contribution is -2.36. The highest BCUT2D eigenvalue weighted by atomic mass is 35.5. The molecule has 2 heterocycles. The molecule has 0 spiro atoms. The summed E-state index contributed by atoms with van der Waals surface area (Å²) in [5.41, 5.74) is -0.0774. The molecule has 0 bridgehead atoms. The third-order valence-corrected chi connectivity index (χ3v) is 4.73. The molecule has 1 fully saturated rings. The number of hydrogen-bond donors (Lipinski definition) is 1. The minimum Gasteiger partial charge on any atom is -0.355 e. The van der Waals surface area contributed by atoms with Crippen LogP contribution in [0.2, 0.25) is 5.02 Å². The number of halogens is 4. The van der Waals surface area contributed by atoms with Crippen LogP contribution in [0.3, 0.4) is 0 Å². The van der Waals surface area contributed by atoms with Crippen LogP contribution in [0.15, 0.2) is 42.6 Å². The van der Waals surface area contributed by atoms with Gasteiger partial charge in [0.15, 0.2) is 0 Å². The maximum atomic E-state index is 12.7. The van der Waals surface area contributed by atoms with Crippen molar-refractivity contribution in [1.82, 2.24) is 9.88 Å². The van der Waals surface area contributed by atoms with E-state index < -0.39 is 11.7 Å². The second kappa shape index (κ2) is 8.79. The van der Waals surface area contributed by atoms with E-state index in [0.717, 1.165) is 25.2 Å². The Morgan fingerprint density at radius 3 is 2.46 bits per heavy atom. The zero-order valence-electron chi connectivity index (χ0n) is 15.0. The van der Waals surface area contributed by atoms with Gasteiger partial charge in [0.25, 0.3) is 0 Å². The van der Waals surface area contributed by atoms with Crippen molar-refractivity contribution in [3.63, 3.8) is 0 Å². The number of carbonyl (C=O) groups excluding carboxylic acids is 1. The monoisotopic (exact) mass is 412 g/mol. The van der Waals surface area contributed by atoms with Gasteiger partial charge in [-0.05, 0) is 42.8 Å². The summed E-state index contributed by atoms with van der Waals surface area (Å²) >= 11 is 5.83. The summed E-state index contributed by atoms with van der Waals surface area (Å²) in [5, 5.41) is 3.43. The molecule has 1 aromatic heterocycles. The van der Waals surface area contributed by atoms with Gasteiger partial charge in [-0.25, -0.2) is 4.98 Å². The van der Waals surface area contributed by atoms with E-state index in [9.17, 15) is 18.0 Å². The smallest absolute Gasteiger partial charge is 0.355 e. The number of amides is 1. The van der Waals surface area contributed by atoms with Crippen LogP contribution in [0, 0.1) is 0 Å². The van der Waals surface area contributed by atoms with Crippen LogP contribution in [-0.4, -0.2) is 48.5 Å². The van der Waals surface area contributed by atoms with Crippen LogP contribution >= 0.6 is 11.6 Å². The summed E-state index contributed by atoms with van der Waals surface area (Å²) in [6.07, 6.45) is -2.74. The fourth-order valence-electron chi connectivity index (χ4n) is 3.04. The number of rotatable bonds is 4. The highest BCUT2D eigenvalue weighted by molar-refractivity contribution is 6.30. The molecule has 9 heteroatoms. The van der Waals surface area contributed by atoms with Gasteiger partial charge in [0.1, 0.15) is 5.82 Å². The lowest BCUT2D eigenvalue weighted by Gasteiger charge is -2.22. The van der Waals surface area contributed by atoms with Crippen LogP contribution in [0.5, 0.6) is 0 Å². The molecule has 1 aliphatic heterocycles. The summed E-state index contributed by atoms with van der Waals surface area (Å²) in [5.74, 6) is 0.392. The Hall–Kier alpha value is -2.32. The first-order valence-corrected chi connectivity index (χ1v) is 9.25. The van der Waals surface area contributed by atoms with Crippen molar-refractivity contribution in [3.05, 3.63) is 53.2 Å². The zero-order valence-corrected chi connectivity index (χ0v) is 15.8. The normalized spacial score (nSPS) is 15.9. The first-order chi connectivity index (χ1) is 13.3. The number of carbonyl (C=O) groups is 1. The molecule has 0 saturated carbocycles. The molecule has 1 aromatic carbocycles. The number of nitrogens with zero attached hydrogens (tertiary/aromatic N) is 3. The van der Waals surface area contributed by atoms with E-state index in [2.05, 4.69) is 10.3 Å². The van der Waals surface area contributed by atoms with Crippen LogP contribution in [-0.2, 0) is 11.0 Å². The standard InChI is InChI=1S/C19H20ClF3N4O/c20-15-3-5-16(6-4-15)25-18(28)13-26-8-1-9-27(11-10-26)17-7-2-14(12-24-17)19(21,22)23/h2-7,12H,1,8-11,13H2,(H,25,28). The number of aromatic nitrogens is 1. The maximum absolute atomic E-state index is 12.7. The maximum Gasteiger partial charge on any atom is 0.417 e. The Bertz CT molecular complexity index is 796. The van der Waals surface area contributed by atoms with E-state index in [1.165, 1.54) is 6.07 Å². The molecule has 1 saturated heterocycles. The summed E-state index contributed by atoms with van der Waals surface area (Å²) in [6.45, 7) is 2.86. The van der Waals surface area contributed by atoms with Crippen LogP contribution < -0.4 is 10.2 Å². The van der Waals surface area contributed by atoms with Gasteiger partial charge in [-0.15, -0.1) is 0 Å². The minimum atomic E-state index is -4.39. The SMILES string of the molecule is O=C(CN1CCCN(c2ccc(C(F)(F)F)cn2)CC1)Nc1ccc(Cl)cc1. The number of benzene rings is 1. The van der Waals surface area contributed by atoms with Crippen molar-refractivity contribution in [2.24, 2.45) is 0 Å². The lowest BCUT2D eigenvalue weighted by atomic mass is 10.2. The lowest BCUT2D eigenvalue weighted by molar-refractivity contribution is -0.137. The number of pyridine rings is 1. The summed E-state index contributed by atoms with van der Waals surface area (Å²) in [6, 6.07) is 9.33. The summed E-state index contributed by atoms with van der Waals surface area (Å²) < 4.78 is 38.0. The van der Waals surface area contributed by atoms with E-state index >= 15 is 0 Å². The number of hydrogen-bond acceptors (Lipinski definition) is 4. The van der Waals surface area contributed by atoms with Crippen molar-refractivity contribution >= 4 is 29.0 Å². The van der Waals surface area contributed by atoms with Gasteiger partial charge in [0.2, 0.25) is 5.91 Å². The van der Waals surface area contributed by atoms with Gasteiger partial charge in [-0.3, -0.25) is 9.69 Å². The highest BCUT2D eigenvalue weighted by Crippen LogP contribution is 2.29. The number of anilines is 2. The molecule has 150 valence electrons. The minimum absolute atomic E-state index is 0.122. The molecule has 1 amide bonds. The van der Waals surface area contributed by atoms with Crippen molar-refractivity contribution in [2.75, 3.05) is 42.9 Å². The molecule has 1 N–H and O–H groups in total. The van der Waals surface area contributed by atoms with Crippen molar-refractivity contribution in [2.45, 2.75) is 12.6 Å². The van der Waals surface area contributed by atoms with Crippen molar-refractivity contribution in [3.8, 4) is 0 Å². The Kier molecular flexibility index (Phi) is 6.41. The number of alkyl halides is 3. The Labute approximate surface area is 166 Å². The van der Waals surface area contributed by atoms with E-state index in [-0.39, 0.29) is 12.5 Å². The fraction of sp³-hybridized carbons (Fsp3) is 0.368.